The summed E-state index contributed by atoms with van der Waals surface area (Å²) in [6.07, 6.45) is 1.63. The molecule has 1 aliphatic rings. The van der Waals surface area contributed by atoms with Crippen LogP contribution in [-0.4, -0.2) is 73.9 Å². The first-order chi connectivity index (χ1) is 19.1. The van der Waals surface area contributed by atoms with Crippen molar-refractivity contribution in [1.29, 1.82) is 0 Å². The van der Waals surface area contributed by atoms with Crippen LogP contribution in [0.1, 0.15) is 57.6 Å². The van der Waals surface area contributed by atoms with Gasteiger partial charge in [0.15, 0.2) is 0 Å². The number of carbonyl (C=O) groups is 3. The Morgan fingerprint density at radius 2 is 1.51 bits per heavy atom. The second-order valence-electron chi connectivity index (χ2n) is 11.6. The molecular weight excluding hydrogens is 546 g/mol. The first-order valence-electron chi connectivity index (χ1n) is 13.7. The molecule has 0 unspecified atom stereocenters. The van der Waals surface area contributed by atoms with Gasteiger partial charge in [-0.1, -0.05) is 55.3 Å². The molecule has 11 heteroatoms. The van der Waals surface area contributed by atoms with Crippen LogP contribution in [0.25, 0.3) is 0 Å². The summed E-state index contributed by atoms with van der Waals surface area (Å²) in [7, 11) is 0.742. The molecule has 1 atom stereocenters. The molecular formula is C30H41N3O7S. The van der Waals surface area contributed by atoms with Crippen LogP contribution in [0.5, 0.6) is 5.75 Å². The van der Waals surface area contributed by atoms with E-state index in [0.29, 0.717) is 42.6 Å². The Morgan fingerprint density at radius 1 is 0.927 bits per heavy atom. The van der Waals surface area contributed by atoms with Crippen molar-refractivity contribution in [1.82, 2.24) is 14.5 Å². The molecule has 0 bridgehead atoms. The van der Waals surface area contributed by atoms with E-state index in [2.05, 4.69) is 5.32 Å². The predicted octanol–water partition coefficient (Wildman–Crippen LogP) is 3.89. The van der Waals surface area contributed by atoms with Crippen LogP contribution in [0.4, 0.5) is 4.79 Å². The van der Waals surface area contributed by atoms with Crippen molar-refractivity contribution in [3.63, 3.8) is 0 Å². The fraction of sp³-hybridized carbons (Fsp3) is 0.500. The largest absolute Gasteiger partial charge is 0.458 e. The average Bonchev–Trinajstić information content (AvgIpc) is 3.39. The molecule has 224 valence electrons. The van der Waals surface area contributed by atoms with Crippen molar-refractivity contribution in [2.45, 2.75) is 75.8 Å². The Labute approximate surface area is 243 Å². The Balaban J connectivity index is 1.85. The zero-order chi connectivity index (χ0) is 30.4. The van der Waals surface area contributed by atoms with E-state index in [9.17, 15) is 22.8 Å². The lowest BCUT2D eigenvalue weighted by atomic mass is 9.95. The standard InChI is InChI=1S/C30H41N3O7S/c1-29(2,3)40-26(34)25(20-22-14-16-24(17-15-22)39-28(36)32(4)5)31-27(35)30(18-10-11-19-30)33(6)41(37,38)21-23-12-8-7-9-13-23/h7-9,12-17,25H,10-11,18-21H2,1-6H3,(H,31,35)/t25-/m0/s1. The van der Waals surface area contributed by atoms with E-state index >= 15 is 0 Å². The number of ether oxygens (including phenoxy) is 2. The van der Waals surface area contributed by atoms with E-state index < -0.39 is 45.2 Å². The summed E-state index contributed by atoms with van der Waals surface area (Å²) in [4.78, 5) is 40.4. The van der Waals surface area contributed by atoms with Gasteiger partial charge in [0, 0.05) is 27.6 Å². The van der Waals surface area contributed by atoms with Crippen LogP contribution < -0.4 is 10.1 Å². The van der Waals surface area contributed by atoms with Crippen LogP contribution in [0, 0.1) is 0 Å². The topological polar surface area (TPSA) is 122 Å². The number of nitrogens with one attached hydrogen (secondary N) is 1. The molecule has 1 N–H and O–H groups in total. The summed E-state index contributed by atoms with van der Waals surface area (Å²) >= 11 is 0. The second kappa shape index (κ2) is 13.0. The van der Waals surface area contributed by atoms with Crippen LogP contribution >= 0.6 is 0 Å². The molecule has 2 aromatic carbocycles. The van der Waals surface area contributed by atoms with Crippen molar-refractivity contribution in [3.8, 4) is 5.75 Å². The summed E-state index contributed by atoms with van der Waals surface area (Å²) < 4.78 is 39.0. The number of esters is 1. The van der Waals surface area contributed by atoms with Gasteiger partial charge < -0.3 is 19.7 Å². The number of hydrogen-bond acceptors (Lipinski definition) is 7. The quantitative estimate of drug-likeness (QED) is 0.419. The third-order valence-corrected chi connectivity index (χ3v) is 8.88. The van der Waals surface area contributed by atoms with Crippen molar-refractivity contribution >= 4 is 28.0 Å². The number of likely N-dealkylation sites (N-methyl/N-ethyl adjacent to an activating group) is 1. The van der Waals surface area contributed by atoms with Crippen molar-refractivity contribution < 1.29 is 32.3 Å². The van der Waals surface area contributed by atoms with Gasteiger partial charge in [-0.05, 0) is 56.9 Å². The molecule has 2 amide bonds. The molecule has 2 aromatic rings. The van der Waals surface area contributed by atoms with Crippen LogP contribution in [0.15, 0.2) is 54.6 Å². The lowest BCUT2D eigenvalue weighted by Crippen LogP contribution is -2.60. The highest BCUT2D eigenvalue weighted by atomic mass is 32.2. The normalized spacial score (nSPS) is 15.7. The zero-order valence-electron chi connectivity index (χ0n) is 24.7. The number of sulfonamides is 1. The fourth-order valence-corrected chi connectivity index (χ4v) is 6.38. The van der Waals surface area contributed by atoms with Gasteiger partial charge in [0.2, 0.25) is 15.9 Å². The van der Waals surface area contributed by atoms with Crippen LogP contribution in [0.3, 0.4) is 0 Å². The van der Waals surface area contributed by atoms with Gasteiger partial charge in [0.1, 0.15) is 22.9 Å². The summed E-state index contributed by atoms with van der Waals surface area (Å²) in [6.45, 7) is 5.21. The highest BCUT2D eigenvalue weighted by Crippen LogP contribution is 2.37. The third-order valence-electron chi connectivity index (χ3n) is 7.00. The van der Waals surface area contributed by atoms with Crippen molar-refractivity contribution in [2.24, 2.45) is 0 Å². The molecule has 0 radical (unpaired) electrons. The van der Waals surface area contributed by atoms with Crippen molar-refractivity contribution in [2.75, 3.05) is 21.1 Å². The van der Waals surface area contributed by atoms with Gasteiger partial charge in [-0.3, -0.25) is 4.79 Å². The second-order valence-corrected chi connectivity index (χ2v) is 13.6. The number of hydrogen-bond donors (Lipinski definition) is 1. The van der Waals surface area contributed by atoms with Gasteiger partial charge in [0.05, 0.1) is 5.75 Å². The Bertz CT molecular complexity index is 1310. The maximum Gasteiger partial charge on any atom is 0.414 e. The maximum atomic E-state index is 13.9. The van der Waals surface area contributed by atoms with Gasteiger partial charge in [-0.15, -0.1) is 0 Å². The van der Waals surface area contributed by atoms with Crippen LogP contribution in [0.2, 0.25) is 0 Å². The monoisotopic (exact) mass is 587 g/mol. The minimum Gasteiger partial charge on any atom is -0.458 e. The van der Waals surface area contributed by atoms with E-state index in [1.165, 1.54) is 16.3 Å². The first kappa shape index (κ1) is 32.1. The molecule has 0 heterocycles. The molecule has 3 rings (SSSR count). The Morgan fingerprint density at radius 3 is 2.05 bits per heavy atom. The summed E-state index contributed by atoms with van der Waals surface area (Å²) in [5, 5.41) is 2.84. The molecule has 1 fully saturated rings. The minimum absolute atomic E-state index is 0.0963. The number of benzene rings is 2. The summed E-state index contributed by atoms with van der Waals surface area (Å²) in [6, 6.07) is 14.4. The average molecular weight is 588 g/mol. The molecule has 0 aliphatic heterocycles. The van der Waals surface area contributed by atoms with Gasteiger partial charge in [0.25, 0.3) is 0 Å². The maximum absolute atomic E-state index is 13.9. The summed E-state index contributed by atoms with van der Waals surface area (Å²) in [5.41, 5.74) is -0.806. The van der Waals surface area contributed by atoms with Gasteiger partial charge in [-0.25, -0.2) is 18.0 Å². The van der Waals surface area contributed by atoms with E-state index in [0.717, 1.165) is 0 Å². The Hall–Kier alpha value is -3.44. The van der Waals surface area contributed by atoms with Gasteiger partial charge in [-0.2, -0.15) is 4.31 Å². The van der Waals surface area contributed by atoms with Crippen molar-refractivity contribution in [3.05, 3.63) is 65.7 Å². The fourth-order valence-electron chi connectivity index (χ4n) is 4.77. The van der Waals surface area contributed by atoms with E-state index in [4.69, 9.17) is 9.47 Å². The molecule has 41 heavy (non-hydrogen) atoms. The number of rotatable bonds is 10. The van der Waals surface area contributed by atoms with E-state index in [-0.39, 0.29) is 12.2 Å². The lowest BCUT2D eigenvalue weighted by Gasteiger charge is -2.37. The first-order valence-corrected chi connectivity index (χ1v) is 15.3. The molecule has 1 aliphatic carbocycles. The molecule has 0 saturated heterocycles. The SMILES string of the molecule is CN(C)C(=O)Oc1ccc(C[C@H](NC(=O)C2(N(C)S(=O)(=O)Cc3ccccc3)CCCC2)C(=O)OC(C)(C)C)cc1. The number of nitrogens with zero attached hydrogens (tertiary/aromatic N) is 2. The van der Waals surface area contributed by atoms with Crippen LogP contribution in [-0.2, 0) is 36.5 Å². The molecule has 0 spiro atoms. The highest BCUT2D eigenvalue weighted by molar-refractivity contribution is 7.88. The lowest BCUT2D eigenvalue weighted by molar-refractivity contribution is -0.159. The van der Waals surface area contributed by atoms with E-state index in [1.54, 1.807) is 83.4 Å². The Kier molecular flexibility index (Phi) is 10.2. The van der Waals surface area contributed by atoms with E-state index in [1.807, 2.05) is 6.07 Å². The molecule has 0 aromatic heterocycles. The zero-order valence-corrected chi connectivity index (χ0v) is 25.5. The van der Waals surface area contributed by atoms with Gasteiger partial charge >= 0.3 is 12.1 Å². The highest BCUT2D eigenvalue weighted by Gasteiger charge is 2.50. The molecule has 1 saturated carbocycles. The summed E-state index contributed by atoms with van der Waals surface area (Å²) in [5.74, 6) is -1.06. The minimum atomic E-state index is -3.85. The molecule has 10 nitrogen and oxygen atoms in total. The predicted molar refractivity (Wildman–Crippen MR) is 156 cm³/mol. The smallest absolute Gasteiger partial charge is 0.414 e. The number of carbonyl (C=O) groups excluding carboxylic acids is 3. The third kappa shape index (κ3) is 8.53. The number of amides is 2.